The van der Waals surface area contributed by atoms with Gasteiger partial charge < -0.3 is 27.8 Å². The number of fused-ring (bicyclic) bond motifs is 2. The third-order valence-electron chi connectivity index (χ3n) is 7.47. The second-order valence-corrected chi connectivity index (χ2v) is 19.9. The van der Waals surface area contributed by atoms with Gasteiger partial charge in [-0.15, -0.1) is 0 Å². The molecule has 0 spiro atoms. The van der Waals surface area contributed by atoms with Gasteiger partial charge in [-0.1, -0.05) is 55.4 Å². The Hall–Kier alpha value is -1.42. The Bertz CT molecular complexity index is 1100. The van der Waals surface area contributed by atoms with Crippen LogP contribution in [0.5, 0.6) is 0 Å². The highest BCUT2D eigenvalue weighted by atomic mass is 28.5. The summed E-state index contributed by atoms with van der Waals surface area (Å²) in [5.41, 5.74) is 0.945. The van der Waals surface area contributed by atoms with Gasteiger partial charge >= 0.3 is 17.1 Å². The summed E-state index contributed by atoms with van der Waals surface area (Å²) in [4.78, 5) is 23.7. The molecular weight excluding hydrogens is 484 g/mol. The summed E-state index contributed by atoms with van der Waals surface area (Å²) in [5, 5.41) is 11.5. The second-order valence-electron chi connectivity index (χ2n) is 11.1. The lowest BCUT2D eigenvalue weighted by atomic mass is 10.1. The van der Waals surface area contributed by atoms with Crippen LogP contribution in [0.1, 0.15) is 67.4 Å². The van der Waals surface area contributed by atoms with Crippen LogP contribution < -0.4 is 5.56 Å². The molecule has 2 aliphatic heterocycles. The van der Waals surface area contributed by atoms with Crippen molar-refractivity contribution in [2.75, 3.05) is 6.61 Å². The van der Waals surface area contributed by atoms with E-state index >= 15 is 0 Å². The molecule has 196 valence electrons. The lowest BCUT2D eigenvalue weighted by Crippen LogP contribution is -2.65. The highest BCUT2D eigenvalue weighted by Crippen LogP contribution is 2.48. The van der Waals surface area contributed by atoms with Gasteiger partial charge in [0.2, 0.25) is 0 Å². The number of nitrogens with zero attached hydrogens (tertiary/aromatic N) is 3. The van der Waals surface area contributed by atoms with Gasteiger partial charge in [0.15, 0.2) is 17.4 Å². The molecule has 4 rings (SSSR count). The minimum absolute atomic E-state index is 0.137. The van der Waals surface area contributed by atoms with E-state index in [4.69, 9.17) is 17.7 Å². The van der Waals surface area contributed by atoms with E-state index in [1.54, 1.807) is 11.5 Å². The maximum Gasteiger partial charge on any atom is 0.335 e. The number of aromatic amines is 1. The SMILES string of the molecule is Cc1nc2c(ncn2[C@@H]2O[C@@H]3CO[Si](C(C)C)(C(C)C)O[Si](C(C)C)(C(C)C)O[C@@H]3C2O)c(=O)[nH]1. The van der Waals surface area contributed by atoms with E-state index in [9.17, 15) is 9.90 Å². The van der Waals surface area contributed by atoms with Crippen molar-refractivity contribution in [2.24, 2.45) is 0 Å². The smallest absolute Gasteiger partial charge is 0.335 e. The van der Waals surface area contributed by atoms with Crippen LogP contribution in [0.4, 0.5) is 0 Å². The number of H-pyrrole nitrogens is 1. The summed E-state index contributed by atoms with van der Waals surface area (Å²) in [6.07, 6.45) is -1.46. The van der Waals surface area contributed by atoms with E-state index in [1.807, 2.05) is 0 Å². The molecule has 1 unspecified atom stereocenters. The summed E-state index contributed by atoms with van der Waals surface area (Å²) in [6.45, 7) is 19.2. The van der Waals surface area contributed by atoms with Gasteiger partial charge in [0.1, 0.15) is 24.1 Å². The number of nitrogens with one attached hydrogen (secondary N) is 1. The molecule has 2 aromatic heterocycles. The first-order chi connectivity index (χ1) is 16.3. The molecule has 0 saturated carbocycles. The minimum atomic E-state index is -2.89. The Morgan fingerprint density at radius 1 is 1.06 bits per heavy atom. The van der Waals surface area contributed by atoms with Gasteiger partial charge in [-0.3, -0.25) is 9.36 Å². The molecular formula is C23H40N4O6Si2. The van der Waals surface area contributed by atoms with Crippen molar-refractivity contribution in [1.82, 2.24) is 19.5 Å². The number of hydrogen-bond donors (Lipinski definition) is 2. The highest BCUT2D eigenvalue weighted by Gasteiger charge is 2.61. The maximum absolute atomic E-state index is 12.4. The van der Waals surface area contributed by atoms with Crippen LogP contribution in [0.15, 0.2) is 11.1 Å². The molecule has 2 aromatic rings. The van der Waals surface area contributed by atoms with Crippen LogP contribution in [0.2, 0.25) is 22.2 Å². The molecule has 0 amide bonds. The monoisotopic (exact) mass is 524 g/mol. The predicted octanol–water partition coefficient (Wildman–Crippen LogP) is 3.64. The molecule has 2 N–H and O–H groups in total. The number of aliphatic hydroxyl groups is 1. The zero-order chi connectivity index (χ0) is 25.9. The summed E-state index contributed by atoms with van der Waals surface area (Å²) in [6, 6.07) is 0. The molecule has 0 bridgehead atoms. The second kappa shape index (κ2) is 9.47. The lowest BCUT2D eigenvalue weighted by molar-refractivity contribution is -0.0570. The normalized spacial score (nSPS) is 28.7. The number of aliphatic hydroxyl groups excluding tert-OH is 1. The molecule has 0 radical (unpaired) electrons. The summed E-state index contributed by atoms with van der Waals surface area (Å²) >= 11 is 0. The Balaban J connectivity index is 1.79. The first kappa shape index (κ1) is 26.6. The Morgan fingerprint density at radius 2 is 1.66 bits per heavy atom. The Morgan fingerprint density at radius 3 is 2.23 bits per heavy atom. The molecule has 0 aromatic carbocycles. The third-order valence-corrected chi connectivity index (χ3v) is 17.7. The number of aryl methyl sites for hydroxylation is 1. The van der Waals surface area contributed by atoms with E-state index in [2.05, 4.69) is 70.3 Å². The maximum atomic E-state index is 12.4. The zero-order valence-electron chi connectivity index (χ0n) is 22.2. The summed E-state index contributed by atoms with van der Waals surface area (Å²) in [5.74, 6) is 0.464. The first-order valence-electron chi connectivity index (χ1n) is 12.6. The fraction of sp³-hybridized carbons (Fsp3) is 0.783. The average molecular weight is 525 g/mol. The molecule has 0 aliphatic carbocycles. The van der Waals surface area contributed by atoms with Crippen molar-refractivity contribution < 1.29 is 22.8 Å². The van der Waals surface area contributed by atoms with Crippen molar-refractivity contribution in [2.45, 2.75) is 109 Å². The molecule has 4 atom stereocenters. The lowest BCUT2D eigenvalue weighted by Gasteiger charge is -2.51. The van der Waals surface area contributed by atoms with E-state index in [0.717, 1.165) is 0 Å². The highest BCUT2D eigenvalue weighted by molar-refractivity contribution is 6.83. The van der Waals surface area contributed by atoms with E-state index in [0.29, 0.717) is 11.5 Å². The van der Waals surface area contributed by atoms with Crippen molar-refractivity contribution in [3.8, 4) is 0 Å². The van der Waals surface area contributed by atoms with Gasteiger partial charge in [-0.25, -0.2) is 9.97 Å². The van der Waals surface area contributed by atoms with Crippen molar-refractivity contribution >= 4 is 28.3 Å². The topological polar surface area (TPSA) is 121 Å². The van der Waals surface area contributed by atoms with Gasteiger partial charge in [0.05, 0.1) is 12.9 Å². The number of ether oxygens (including phenoxy) is 1. The summed E-state index contributed by atoms with van der Waals surface area (Å²) < 4.78 is 28.9. The van der Waals surface area contributed by atoms with Crippen LogP contribution in [-0.2, 0) is 17.7 Å². The summed E-state index contributed by atoms with van der Waals surface area (Å²) in [7, 11) is -5.60. The predicted molar refractivity (Wildman–Crippen MR) is 137 cm³/mol. The molecule has 2 aliphatic rings. The number of hydrogen-bond acceptors (Lipinski definition) is 8. The van der Waals surface area contributed by atoms with E-state index in [-0.39, 0.29) is 39.8 Å². The van der Waals surface area contributed by atoms with Crippen LogP contribution >= 0.6 is 0 Å². The van der Waals surface area contributed by atoms with Crippen LogP contribution in [0, 0.1) is 6.92 Å². The third kappa shape index (κ3) is 4.26. The van der Waals surface area contributed by atoms with Gasteiger partial charge in [-0.2, -0.15) is 0 Å². The molecule has 2 saturated heterocycles. The van der Waals surface area contributed by atoms with Crippen molar-refractivity contribution in [1.29, 1.82) is 0 Å². The number of rotatable bonds is 5. The standard InChI is InChI=1S/C23H40N4O6Si2/c1-12(2)34(13(3)4)30-10-17-20(32-35(33-34,14(5)6)15(7)8)19(28)23(31-17)27-11-24-18-21(27)25-16(9)26-22(18)29/h11-15,17,19-20,23,28H,10H2,1-9H3,(H,25,26,29)/t17-,19?,20+,23-/m1/s1. The van der Waals surface area contributed by atoms with Crippen LogP contribution in [0.3, 0.4) is 0 Å². The van der Waals surface area contributed by atoms with Crippen molar-refractivity contribution in [3.05, 3.63) is 22.5 Å². The minimum Gasteiger partial charge on any atom is -0.414 e. The zero-order valence-corrected chi connectivity index (χ0v) is 24.2. The molecule has 4 heterocycles. The number of imidazole rings is 1. The van der Waals surface area contributed by atoms with E-state index in [1.165, 1.54) is 6.33 Å². The van der Waals surface area contributed by atoms with Gasteiger partial charge in [0.25, 0.3) is 5.56 Å². The molecule has 2 fully saturated rings. The fourth-order valence-corrected chi connectivity index (χ4v) is 16.8. The van der Waals surface area contributed by atoms with E-state index < -0.39 is 41.7 Å². The molecule has 12 heteroatoms. The van der Waals surface area contributed by atoms with Gasteiger partial charge in [-0.05, 0) is 29.1 Å². The van der Waals surface area contributed by atoms with Crippen LogP contribution in [0.25, 0.3) is 11.2 Å². The first-order valence-corrected chi connectivity index (χ1v) is 16.6. The largest absolute Gasteiger partial charge is 0.414 e. The van der Waals surface area contributed by atoms with Crippen LogP contribution in [-0.4, -0.2) is 66.7 Å². The average Bonchev–Trinajstić information content (AvgIpc) is 3.28. The Labute approximate surface area is 208 Å². The van der Waals surface area contributed by atoms with Crippen molar-refractivity contribution in [3.63, 3.8) is 0 Å². The molecule has 35 heavy (non-hydrogen) atoms. The number of aromatic nitrogens is 4. The quantitative estimate of drug-likeness (QED) is 0.569. The fourth-order valence-electron chi connectivity index (χ4n) is 5.59. The Kier molecular flexibility index (Phi) is 7.21. The van der Waals surface area contributed by atoms with Gasteiger partial charge in [0, 0.05) is 0 Å². The molecule has 10 nitrogen and oxygen atoms in total.